The minimum absolute atomic E-state index is 0.00517. The van der Waals surface area contributed by atoms with Crippen molar-refractivity contribution < 1.29 is 0 Å². The van der Waals surface area contributed by atoms with Crippen LogP contribution in [0.15, 0.2) is 97.1 Å². The second-order valence-corrected chi connectivity index (χ2v) is 18.1. The molecule has 2 aliphatic carbocycles. The zero-order chi connectivity index (χ0) is 35.4. The molecule has 4 unspecified atom stereocenters. The summed E-state index contributed by atoms with van der Waals surface area (Å²) in [6, 6.07) is 38.5. The lowest BCUT2D eigenvalue weighted by Crippen LogP contribution is -2.64. The molecule has 5 aromatic carbocycles. The van der Waals surface area contributed by atoms with Crippen LogP contribution in [0.2, 0.25) is 0 Å². The van der Waals surface area contributed by atoms with Crippen LogP contribution in [-0.4, -0.2) is 17.8 Å². The number of benzene rings is 5. The molecule has 3 nitrogen and oxygen atoms in total. The van der Waals surface area contributed by atoms with Crippen molar-refractivity contribution in [1.29, 1.82) is 0 Å². The summed E-state index contributed by atoms with van der Waals surface area (Å²) >= 11 is 0. The van der Waals surface area contributed by atoms with Crippen LogP contribution in [0.3, 0.4) is 0 Å². The Hall–Kier alpha value is -4.44. The van der Waals surface area contributed by atoms with Crippen molar-refractivity contribution in [1.82, 2.24) is 0 Å². The Morgan fingerprint density at radius 1 is 0.500 bits per heavy atom. The van der Waals surface area contributed by atoms with E-state index in [4.69, 9.17) is 0 Å². The molecule has 2 saturated carbocycles. The summed E-state index contributed by atoms with van der Waals surface area (Å²) in [5, 5.41) is 0. The summed E-state index contributed by atoms with van der Waals surface area (Å²) in [5.41, 5.74) is 19.8. The summed E-state index contributed by atoms with van der Waals surface area (Å²) in [7, 11) is 0. The second-order valence-electron chi connectivity index (χ2n) is 18.1. The van der Waals surface area contributed by atoms with Crippen molar-refractivity contribution in [2.24, 2.45) is 0 Å². The first kappa shape index (κ1) is 31.1. The third-order valence-corrected chi connectivity index (χ3v) is 15.7. The Balaban J connectivity index is 1.27. The van der Waals surface area contributed by atoms with Gasteiger partial charge in [-0.15, -0.1) is 0 Å². The van der Waals surface area contributed by atoms with E-state index in [2.05, 4.69) is 153 Å². The molecule has 5 aromatic rings. The summed E-state index contributed by atoms with van der Waals surface area (Å²) in [5.74, 6) is 0. The average Bonchev–Trinajstić information content (AvgIpc) is 3.49. The maximum atomic E-state index is 2.90. The first-order valence-electron chi connectivity index (χ1n) is 20.1. The standard InChI is InChI=1S/C48H50BN3/c1-31-18-21-33(22-19-31)50-40-23-20-32(2)28-38(40)49-37-16-13-15-36-44(37)52(48(6)27-12-10-25-46(36,48)4)42-30-34(29-41(50)43(42)49)51-39-17-8-7-14-35(39)45(3)24-9-11-26-47(45,51)5/h7-8,13-23,28-30H,9-12,24-27H2,1-6H3. The topological polar surface area (TPSA) is 9.72 Å². The van der Waals surface area contributed by atoms with Gasteiger partial charge >= 0.3 is 0 Å². The van der Waals surface area contributed by atoms with Gasteiger partial charge in [0.1, 0.15) is 0 Å². The van der Waals surface area contributed by atoms with Crippen LogP contribution in [0.5, 0.6) is 0 Å². The molecular weight excluding hydrogens is 629 g/mol. The average molecular weight is 680 g/mol. The largest absolute Gasteiger partial charge is 0.335 e. The molecule has 0 amide bonds. The van der Waals surface area contributed by atoms with Crippen LogP contribution in [0.1, 0.15) is 101 Å². The van der Waals surface area contributed by atoms with E-state index in [1.807, 2.05) is 0 Å². The summed E-state index contributed by atoms with van der Waals surface area (Å²) in [4.78, 5) is 8.32. The molecule has 0 N–H and O–H groups in total. The molecule has 260 valence electrons. The summed E-state index contributed by atoms with van der Waals surface area (Å²) < 4.78 is 0. The number of anilines is 7. The van der Waals surface area contributed by atoms with Crippen molar-refractivity contribution in [2.75, 3.05) is 14.7 Å². The molecule has 4 atom stereocenters. The van der Waals surface area contributed by atoms with Crippen molar-refractivity contribution in [3.63, 3.8) is 0 Å². The first-order chi connectivity index (χ1) is 25.1. The lowest BCUT2D eigenvalue weighted by atomic mass is 9.33. The van der Waals surface area contributed by atoms with Crippen LogP contribution in [0.4, 0.5) is 39.8 Å². The fraction of sp³-hybridized carbons (Fsp3) is 0.375. The first-order valence-corrected chi connectivity index (χ1v) is 20.1. The molecule has 0 aromatic heterocycles. The molecule has 6 aliphatic rings. The molecule has 0 bridgehead atoms. The molecule has 0 radical (unpaired) electrons. The zero-order valence-corrected chi connectivity index (χ0v) is 31.8. The number of rotatable bonds is 2. The number of fused-ring (bicyclic) bond motifs is 10. The SMILES string of the molecule is Cc1ccc(N2c3ccc(C)cc3B3c4cccc5c4N(c4cc(N6c7ccccc7C7(C)CCCCC67C)cc2c43)C2(C)CCCCC52C)cc1. The minimum atomic E-state index is -0.0142. The van der Waals surface area contributed by atoms with E-state index in [1.165, 1.54) is 124 Å². The maximum Gasteiger partial charge on any atom is 0.252 e. The van der Waals surface area contributed by atoms with E-state index in [-0.39, 0.29) is 28.6 Å². The Bertz CT molecular complexity index is 2350. The molecule has 52 heavy (non-hydrogen) atoms. The molecule has 4 heteroatoms. The fourth-order valence-electron chi connectivity index (χ4n) is 12.6. The normalized spacial score (nSPS) is 28.9. The van der Waals surface area contributed by atoms with Gasteiger partial charge in [0.15, 0.2) is 0 Å². The highest BCUT2D eigenvalue weighted by Crippen LogP contribution is 2.64. The predicted molar refractivity (Wildman–Crippen MR) is 221 cm³/mol. The van der Waals surface area contributed by atoms with Gasteiger partial charge in [0.05, 0.1) is 11.1 Å². The van der Waals surface area contributed by atoms with Crippen molar-refractivity contribution in [3.8, 4) is 0 Å². The third kappa shape index (κ3) is 3.55. The summed E-state index contributed by atoms with van der Waals surface area (Å²) in [6.45, 7) is 15.0. The van der Waals surface area contributed by atoms with Gasteiger partial charge < -0.3 is 14.7 Å². The quantitative estimate of drug-likeness (QED) is 0.169. The Morgan fingerprint density at radius 2 is 1.13 bits per heavy atom. The van der Waals surface area contributed by atoms with Crippen LogP contribution >= 0.6 is 0 Å². The minimum Gasteiger partial charge on any atom is -0.335 e. The predicted octanol–water partition coefficient (Wildman–Crippen LogP) is 10.4. The lowest BCUT2D eigenvalue weighted by molar-refractivity contribution is 0.194. The van der Waals surface area contributed by atoms with E-state index in [0.29, 0.717) is 0 Å². The molecule has 11 rings (SSSR count). The van der Waals surface area contributed by atoms with Crippen LogP contribution in [-0.2, 0) is 10.8 Å². The van der Waals surface area contributed by atoms with E-state index in [0.717, 1.165) is 0 Å². The highest BCUT2D eigenvalue weighted by Gasteiger charge is 2.62. The van der Waals surface area contributed by atoms with E-state index in [1.54, 1.807) is 5.56 Å². The number of aryl methyl sites for hydroxylation is 2. The maximum absolute atomic E-state index is 2.90. The zero-order valence-electron chi connectivity index (χ0n) is 31.8. The highest BCUT2D eigenvalue weighted by molar-refractivity contribution is 7.00. The molecule has 2 fully saturated rings. The molecule has 0 spiro atoms. The lowest BCUT2D eigenvalue weighted by Gasteiger charge is -2.53. The van der Waals surface area contributed by atoms with Gasteiger partial charge in [0.2, 0.25) is 0 Å². The van der Waals surface area contributed by atoms with Crippen LogP contribution in [0.25, 0.3) is 0 Å². The highest BCUT2D eigenvalue weighted by atomic mass is 15.3. The van der Waals surface area contributed by atoms with Crippen molar-refractivity contribution in [2.45, 2.75) is 115 Å². The Labute approximate surface area is 310 Å². The van der Waals surface area contributed by atoms with Gasteiger partial charge in [-0.05, 0) is 117 Å². The van der Waals surface area contributed by atoms with Gasteiger partial charge in [0, 0.05) is 50.6 Å². The van der Waals surface area contributed by atoms with Crippen molar-refractivity contribution >= 4 is 62.9 Å². The molecule has 4 aliphatic heterocycles. The number of nitrogens with zero attached hydrogens (tertiary/aromatic N) is 3. The van der Waals surface area contributed by atoms with Gasteiger partial charge in [-0.25, -0.2) is 0 Å². The van der Waals surface area contributed by atoms with Crippen molar-refractivity contribution in [3.05, 3.63) is 119 Å². The fourth-order valence-corrected chi connectivity index (χ4v) is 12.6. The van der Waals surface area contributed by atoms with Crippen LogP contribution in [0, 0.1) is 13.8 Å². The van der Waals surface area contributed by atoms with E-state index >= 15 is 0 Å². The second kappa shape index (κ2) is 10.2. The number of hydrogen-bond donors (Lipinski definition) is 0. The number of hydrogen-bond acceptors (Lipinski definition) is 3. The Kier molecular flexibility index (Phi) is 6.08. The third-order valence-electron chi connectivity index (χ3n) is 15.7. The van der Waals surface area contributed by atoms with E-state index < -0.39 is 0 Å². The Morgan fingerprint density at radius 3 is 1.90 bits per heavy atom. The van der Waals surface area contributed by atoms with Gasteiger partial charge in [0.25, 0.3) is 6.71 Å². The van der Waals surface area contributed by atoms with Crippen LogP contribution < -0.4 is 31.1 Å². The molecular formula is C48H50BN3. The van der Waals surface area contributed by atoms with Gasteiger partial charge in [-0.3, -0.25) is 0 Å². The number of para-hydroxylation sites is 2. The van der Waals surface area contributed by atoms with Gasteiger partial charge in [-0.2, -0.15) is 0 Å². The van der Waals surface area contributed by atoms with E-state index in [9.17, 15) is 0 Å². The molecule has 0 saturated heterocycles. The monoisotopic (exact) mass is 679 g/mol. The molecule has 4 heterocycles. The van der Waals surface area contributed by atoms with Gasteiger partial charge in [-0.1, -0.05) is 111 Å². The smallest absolute Gasteiger partial charge is 0.252 e. The summed E-state index contributed by atoms with van der Waals surface area (Å²) in [6.07, 6.45) is 10.0.